The van der Waals surface area contributed by atoms with Crippen LogP contribution >= 0.6 is 0 Å². The molecule has 0 aliphatic heterocycles. The number of nitrogens with one attached hydrogen (secondary N) is 1. The third-order valence-electron chi connectivity index (χ3n) is 2.49. The Balaban J connectivity index is 3.12. The number of nitrogen functional groups attached to an aromatic ring is 1. The molecule has 3 N–H and O–H groups in total. The van der Waals surface area contributed by atoms with Crippen molar-refractivity contribution in [2.45, 2.75) is 12.4 Å². The third kappa shape index (κ3) is 4.52. The molecular weight excluding hydrogens is 304 g/mol. The van der Waals surface area contributed by atoms with Crippen LogP contribution in [0.2, 0.25) is 0 Å². The van der Waals surface area contributed by atoms with Gasteiger partial charge in [0.05, 0.1) is 11.3 Å². The van der Waals surface area contributed by atoms with Gasteiger partial charge in [0, 0.05) is 12.6 Å². The predicted molar refractivity (Wildman–Crippen MR) is 62.3 cm³/mol. The molecule has 1 aromatic carbocycles. The topological polar surface area (TPSA) is 58.4 Å². The molecule has 0 radical (unpaired) electrons. The summed E-state index contributed by atoms with van der Waals surface area (Å²) in [7, 11) is 0.845. The number of amides is 1. The van der Waals surface area contributed by atoms with E-state index in [1.54, 1.807) is 0 Å². The van der Waals surface area contributed by atoms with E-state index in [0.29, 0.717) is 6.07 Å². The van der Waals surface area contributed by atoms with Crippen molar-refractivity contribution in [2.75, 3.05) is 19.0 Å². The van der Waals surface area contributed by atoms with Gasteiger partial charge in [-0.3, -0.25) is 10.6 Å². The van der Waals surface area contributed by atoms with Gasteiger partial charge in [-0.25, -0.2) is 0 Å². The first-order valence-electron chi connectivity index (χ1n) is 5.46. The maximum absolute atomic E-state index is 12.8. The quantitative estimate of drug-likeness (QED) is 0.512. The molecule has 0 atom stereocenters. The number of benzene rings is 1. The minimum absolute atomic E-state index is 0.283. The Labute approximate surface area is 115 Å². The Morgan fingerprint density at radius 3 is 2.24 bits per heavy atom. The van der Waals surface area contributed by atoms with Crippen LogP contribution in [0.25, 0.3) is 0 Å². The molecule has 0 heterocycles. The van der Waals surface area contributed by atoms with E-state index < -0.39 is 41.6 Å². The molecule has 1 aromatic rings. The van der Waals surface area contributed by atoms with Gasteiger partial charge in [0.2, 0.25) is 0 Å². The zero-order valence-electron chi connectivity index (χ0n) is 10.6. The van der Waals surface area contributed by atoms with E-state index >= 15 is 0 Å². The van der Waals surface area contributed by atoms with Crippen LogP contribution in [0.1, 0.15) is 15.9 Å². The van der Waals surface area contributed by atoms with E-state index in [1.165, 1.54) is 0 Å². The Hall–Kier alpha value is -1.97. The second kappa shape index (κ2) is 5.80. The summed E-state index contributed by atoms with van der Waals surface area (Å²) in [4.78, 5) is 12.0. The first kappa shape index (κ1) is 17.1. The number of carbonyl (C=O) groups excluding carboxylic acids is 1. The number of hydrogen-bond acceptors (Lipinski definition) is 3. The van der Waals surface area contributed by atoms with Gasteiger partial charge < -0.3 is 10.3 Å². The molecule has 10 heteroatoms. The van der Waals surface area contributed by atoms with Gasteiger partial charge in [0.1, 0.15) is 6.54 Å². The molecular formula is C11H11F6N3O. The molecule has 0 fully saturated rings. The van der Waals surface area contributed by atoms with Crippen LogP contribution in [0.3, 0.4) is 0 Å². The van der Waals surface area contributed by atoms with E-state index in [2.05, 4.69) is 0 Å². The van der Waals surface area contributed by atoms with Crippen molar-refractivity contribution in [3.05, 3.63) is 29.3 Å². The van der Waals surface area contributed by atoms with Crippen LogP contribution in [0.4, 0.5) is 32.0 Å². The van der Waals surface area contributed by atoms with Crippen molar-refractivity contribution in [1.82, 2.24) is 4.90 Å². The predicted octanol–water partition coefficient (Wildman–Crippen LogP) is 2.63. The summed E-state index contributed by atoms with van der Waals surface area (Å²) in [6.07, 6.45) is -9.45. The smallest absolute Gasteiger partial charge is 0.333 e. The van der Waals surface area contributed by atoms with Crippen molar-refractivity contribution >= 4 is 11.6 Å². The molecule has 21 heavy (non-hydrogen) atoms. The second-order valence-electron chi connectivity index (χ2n) is 4.18. The Morgan fingerprint density at radius 2 is 1.81 bits per heavy atom. The minimum atomic E-state index is -4.80. The van der Waals surface area contributed by atoms with E-state index in [0.717, 1.165) is 19.2 Å². The molecule has 1 rings (SSSR count). The maximum atomic E-state index is 12.8. The molecule has 0 unspecified atom stereocenters. The lowest BCUT2D eigenvalue weighted by atomic mass is 10.1. The standard InChI is InChI=1S/C11H11F6N3O/c1-20(5-10(12,13)14)9(21)6-2-3-8(19-18)7(4-6)11(15,16)17/h2-4,19H,5,18H2,1H3. The number of hydrazine groups is 1. The Morgan fingerprint density at radius 1 is 1.24 bits per heavy atom. The number of rotatable bonds is 3. The summed E-state index contributed by atoms with van der Waals surface area (Å²) in [5.74, 6) is 3.74. The molecule has 0 aliphatic rings. The SMILES string of the molecule is CN(CC(F)(F)F)C(=O)c1ccc(NN)c(C(F)(F)F)c1. The van der Waals surface area contributed by atoms with Crippen LogP contribution in [0, 0.1) is 0 Å². The summed E-state index contributed by atoms with van der Waals surface area (Å²) in [6.45, 7) is -1.57. The Bertz CT molecular complexity index is 526. The summed E-state index contributed by atoms with van der Waals surface area (Å²) in [5.41, 5.74) is -0.437. The van der Waals surface area contributed by atoms with Crippen molar-refractivity contribution < 1.29 is 31.1 Å². The molecule has 4 nitrogen and oxygen atoms in total. The van der Waals surface area contributed by atoms with Gasteiger partial charge in [-0.15, -0.1) is 0 Å². The van der Waals surface area contributed by atoms with Crippen LogP contribution < -0.4 is 11.3 Å². The number of nitrogens with zero attached hydrogens (tertiary/aromatic N) is 1. The van der Waals surface area contributed by atoms with E-state index in [1.807, 2.05) is 5.43 Å². The lowest BCUT2D eigenvalue weighted by Crippen LogP contribution is -2.36. The van der Waals surface area contributed by atoms with Crippen molar-refractivity contribution in [2.24, 2.45) is 5.84 Å². The minimum Gasteiger partial charge on any atom is -0.333 e. The van der Waals surface area contributed by atoms with Crippen LogP contribution in [-0.4, -0.2) is 30.6 Å². The van der Waals surface area contributed by atoms with Crippen molar-refractivity contribution in [1.29, 1.82) is 0 Å². The fraction of sp³-hybridized carbons (Fsp3) is 0.364. The van der Waals surface area contributed by atoms with Gasteiger partial charge in [0.25, 0.3) is 5.91 Å². The van der Waals surface area contributed by atoms with E-state index in [-0.39, 0.29) is 4.90 Å². The highest BCUT2D eigenvalue weighted by Crippen LogP contribution is 2.35. The number of anilines is 1. The lowest BCUT2D eigenvalue weighted by Gasteiger charge is -2.20. The number of alkyl halides is 6. The maximum Gasteiger partial charge on any atom is 0.418 e. The molecule has 1 amide bonds. The van der Waals surface area contributed by atoms with Crippen LogP contribution in [0.15, 0.2) is 18.2 Å². The normalized spacial score (nSPS) is 12.2. The molecule has 0 saturated heterocycles. The highest BCUT2D eigenvalue weighted by Gasteiger charge is 2.35. The van der Waals surface area contributed by atoms with Crippen molar-refractivity contribution in [3.63, 3.8) is 0 Å². The van der Waals surface area contributed by atoms with E-state index in [9.17, 15) is 31.1 Å². The highest BCUT2D eigenvalue weighted by atomic mass is 19.4. The zero-order valence-corrected chi connectivity index (χ0v) is 10.6. The average Bonchev–Trinajstić information content (AvgIpc) is 2.34. The van der Waals surface area contributed by atoms with Gasteiger partial charge >= 0.3 is 12.4 Å². The number of hydrogen-bond donors (Lipinski definition) is 2. The third-order valence-corrected chi connectivity index (χ3v) is 2.49. The van der Waals surface area contributed by atoms with Gasteiger partial charge in [-0.2, -0.15) is 26.3 Å². The average molecular weight is 315 g/mol. The summed E-state index contributed by atoms with van der Waals surface area (Å²) < 4.78 is 74.8. The summed E-state index contributed by atoms with van der Waals surface area (Å²) in [6, 6.07) is 2.28. The van der Waals surface area contributed by atoms with Gasteiger partial charge in [-0.1, -0.05) is 0 Å². The van der Waals surface area contributed by atoms with E-state index in [4.69, 9.17) is 5.84 Å². The zero-order chi connectivity index (χ0) is 16.4. The number of halogens is 6. The molecule has 0 bridgehead atoms. The van der Waals surface area contributed by atoms with Gasteiger partial charge in [0.15, 0.2) is 0 Å². The monoisotopic (exact) mass is 315 g/mol. The fourth-order valence-electron chi connectivity index (χ4n) is 1.60. The first-order valence-corrected chi connectivity index (χ1v) is 5.46. The summed E-state index contributed by atoms with van der Waals surface area (Å²) >= 11 is 0. The molecule has 0 spiro atoms. The second-order valence-corrected chi connectivity index (χ2v) is 4.18. The molecule has 118 valence electrons. The number of carbonyl (C=O) groups is 1. The summed E-state index contributed by atoms with van der Waals surface area (Å²) in [5, 5.41) is 0. The molecule has 0 aromatic heterocycles. The highest BCUT2D eigenvalue weighted by molar-refractivity contribution is 5.94. The molecule has 0 aliphatic carbocycles. The molecule has 0 saturated carbocycles. The fourth-order valence-corrected chi connectivity index (χ4v) is 1.60. The first-order chi connectivity index (χ1) is 9.45. The van der Waals surface area contributed by atoms with Gasteiger partial charge in [-0.05, 0) is 18.2 Å². The lowest BCUT2D eigenvalue weighted by molar-refractivity contribution is -0.139. The Kier molecular flexibility index (Phi) is 4.72. The van der Waals surface area contributed by atoms with Crippen LogP contribution in [-0.2, 0) is 6.18 Å². The van der Waals surface area contributed by atoms with Crippen LogP contribution in [0.5, 0.6) is 0 Å². The van der Waals surface area contributed by atoms with Crippen molar-refractivity contribution in [3.8, 4) is 0 Å². The largest absolute Gasteiger partial charge is 0.418 e. The number of nitrogens with two attached hydrogens (primary N) is 1.